The van der Waals surface area contributed by atoms with Gasteiger partial charge in [-0.1, -0.05) is 0 Å². The molecule has 2 aliphatic heterocycles. The van der Waals surface area contributed by atoms with Gasteiger partial charge in [0.1, 0.15) is 0 Å². The number of hydrogen-bond donors (Lipinski definition) is 2. The highest BCUT2D eigenvalue weighted by molar-refractivity contribution is 5.91. The second kappa shape index (κ2) is 9.93. The van der Waals surface area contributed by atoms with E-state index in [1.807, 2.05) is 0 Å². The molecule has 4 rings (SSSR count). The Hall–Kier alpha value is -2.32. The molecule has 4 heterocycles. The van der Waals surface area contributed by atoms with E-state index in [1.165, 1.54) is 12.0 Å². The van der Waals surface area contributed by atoms with Crippen molar-refractivity contribution in [1.29, 1.82) is 0 Å². The van der Waals surface area contributed by atoms with Gasteiger partial charge >= 0.3 is 0 Å². The van der Waals surface area contributed by atoms with E-state index in [0.29, 0.717) is 31.7 Å². The van der Waals surface area contributed by atoms with Gasteiger partial charge in [-0.25, -0.2) is 0 Å². The normalized spacial score (nSPS) is 17.2. The zero-order valence-electron chi connectivity index (χ0n) is 16.4. The van der Waals surface area contributed by atoms with Crippen molar-refractivity contribution in [3.8, 4) is 0 Å². The van der Waals surface area contributed by atoms with Crippen LogP contribution in [0.25, 0.3) is 0 Å². The lowest BCUT2D eigenvalue weighted by atomic mass is 10.0. The Labute approximate surface area is 176 Å². The minimum atomic E-state index is -0.0798. The molecule has 0 aromatic carbocycles. The Balaban J connectivity index is 0.00000240. The van der Waals surface area contributed by atoms with Crippen molar-refractivity contribution in [3.05, 3.63) is 41.6 Å². The molecule has 0 atom stereocenters. The van der Waals surface area contributed by atoms with Crippen LogP contribution in [0.3, 0.4) is 0 Å². The first-order valence-corrected chi connectivity index (χ1v) is 10.1. The fraction of sp³-hybridized carbons (Fsp3) is 0.550. The van der Waals surface area contributed by atoms with Gasteiger partial charge in [0, 0.05) is 45.1 Å². The zero-order valence-corrected chi connectivity index (χ0v) is 17.2. The number of aryl methyl sites for hydroxylation is 2. The maximum Gasteiger partial charge on any atom is 0.289 e. The van der Waals surface area contributed by atoms with Crippen molar-refractivity contribution in [1.82, 2.24) is 25.3 Å². The smallest absolute Gasteiger partial charge is 0.289 e. The number of halogens is 1. The van der Waals surface area contributed by atoms with Crippen molar-refractivity contribution in [3.63, 3.8) is 0 Å². The van der Waals surface area contributed by atoms with Crippen LogP contribution >= 0.6 is 12.4 Å². The van der Waals surface area contributed by atoms with Crippen LogP contribution in [-0.4, -0.2) is 52.2 Å². The molecular formula is C20H28ClN5O3. The summed E-state index contributed by atoms with van der Waals surface area (Å²) in [6.45, 7) is 4.06. The molecule has 8 nitrogen and oxygen atoms in total. The molecule has 9 heteroatoms. The molecule has 29 heavy (non-hydrogen) atoms. The number of rotatable bonds is 5. The summed E-state index contributed by atoms with van der Waals surface area (Å²) in [6, 6.07) is 5.62. The van der Waals surface area contributed by atoms with E-state index in [-0.39, 0.29) is 30.3 Å². The first-order valence-electron chi connectivity index (χ1n) is 10.1. The Kier molecular flexibility index (Phi) is 7.33. The van der Waals surface area contributed by atoms with E-state index >= 15 is 0 Å². The standard InChI is InChI=1S/C20H27N5O3.ClH/c26-19(5-4-16-13-17-14-21-8-2-9-25(17)23-16)22-15-6-10-24(11-7-15)20(27)18-3-1-12-28-18;/h1,3,12-13,15,21H,2,4-11,14H2,(H,22,26);1H. The predicted molar refractivity (Wildman–Crippen MR) is 110 cm³/mol. The number of hydrogen-bond acceptors (Lipinski definition) is 5. The van der Waals surface area contributed by atoms with Gasteiger partial charge in [0.25, 0.3) is 5.91 Å². The fourth-order valence-corrected chi connectivity index (χ4v) is 3.87. The molecule has 0 unspecified atom stereocenters. The molecule has 0 spiro atoms. The van der Waals surface area contributed by atoms with Gasteiger partial charge in [-0.2, -0.15) is 5.10 Å². The third kappa shape index (κ3) is 5.39. The highest BCUT2D eigenvalue weighted by Crippen LogP contribution is 2.15. The number of furan rings is 1. The lowest BCUT2D eigenvalue weighted by molar-refractivity contribution is -0.122. The summed E-state index contributed by atoms with van der Waals surface area (Å²) in [5.41, 5.74) is 2.18. The minimum Gasteiger partial charge on any atom is -0.459 e. The van der Waals surface area contributed by atoms with Crippen LogP contribution in [0.4, 0.5) is 0 Å². The topological polar surface area (TPSA) is 92.4 Å². The second-order valence-electron chi connectivity index (χ2n) is 7.49. The first-order chi connectivity index (χ1) is 13.7. The Morgan fingerprint density at radius 3 is 2.86 bits per heavy atom. The maximum absolute atomic E-state index is 12.3. The molecule has 2 aromatic rings. The van der Waals surface area contributed by atoms with E-state index in [9.17, 15) is 9.59 Å². The van der Waals surface area contributed by atoms with E-state index in [2.05, 4.69) is 26.5 Å². The molecular weight excluding hydrogens is 394 g/mol. The summed E-state index contributed by atoms with van der Waals surface area (Å²) >= 11 is 0. The lowest BCUT2D eigenvalue weighted by Gasteiger charge is -2.31. The first kappa shape index (κ1) is 21.4. The van der Waals surface area contributed by atoms with Gasteiger partial charge in [0.2, 0.25) is 5.91 Å². The molecule has 0 bridgehead atoms. The molecule has 1 fully saturated rings. The maximum atomic E-state index is 12.3. The quantitative estimate of drug-likeness (QED) is 0.767. The van der Waals surface area contributed by atoms with Crippen LogP contribution in [0.15, 0.2) is 28.9 Å². The lowest BCUT2D eigenvalue weighted by Crippen LogP contribution is -2.46. The van der Waals surface area contributed by atoms with Crippen LogP contribution < -0.4 is 10.6 Å². The molecule has 158 valence electrons. The number of carbonyl (C=O) groups is 2. The number of likely N-dealkylation sites (tertiary alicyclic amines) is 1. The number of nitrogens with one attached hydrogen (secondary N) is 2. The number of nitrogens with zero attached hydrogens (tertiary/aromatic N) is 3. The Bertz CT molecular complexity index is 789. The zero-order chi connectivity index (χ0) is 19.3. The predicted octanol–water partition coefficient (Wildman–Crippen LogP) is 1.74. The van der Waals surface area contributed by atoms with Crippen molar-refractivity contribution in [2.75, 3.05) is 19.6 Å². The minimum absolute atomic E-state index is 0. The van der Waals surface area contributed by atoms with Gasteiger partial charge < -0.3 is 20.0 Å². The highest BCUT2D eigenvalue weighted by atomic mass is 35.5. The van der Waals surface area contributed by atoms with Gasteiger partial charge in [0.15, 0.2) is 5.76 Å². The van der Waals surface area contributed by atoms with E-state index < -0.39 is 0 Å². The Morgan fingerprint density at radius 2 is 2.10 bits per heavy atom. The number of piperidine rings is 1. The molecule has 0 aliphatic carbocycles. The molecule has 1 saturated heterocycles. The Morgan fingerprint density at radius 1 is 1.28 bits per heavy atom. The van der Waals surface area contributed by atoms with Crippen LogP contribution in [-0.2, 0) is 24.3 Å². The number of carbonyl (C=O) groups excluding carboxylic acids is 2. The van der Waals surface area contributed by atoms with Crippen molar-refractivity contribution >= 4 is 24.2 Å². The molecule has 2 amide bonds. The molecule has 0 saturated carbocycles. The number of amides is 2. The van der Waals surface area contributed by atoms with Crippen LogP contribution in [0, 0.1) is 0 Å². The number of aromatic nitrogens is 2. The third-order valence-corrected chi connectivity index (χ3v) is 5.43. The molecule has 2 N–H and O–H groups in total. The third-order valence-electron chi connectivity index (χ3n) is 5.43. The number of fused-ring (bicyclic) bond motifs is 1. The van der Waals surface area contributed by atoms with E-state index in [1.54, 1.807) is 17.0 Å². The monoisotopic (exact) mass is 421 g/mol. The average Bonchev–Trinajstić information content (AvgIpc) is 3.32. The fourth-order valence-electron chi connectivity index (χ4n) is 3.87. The van der Waals surface area contributed by atoms with Gasteiger partial charge in [0.05, 0.1) is 17.7 Å². The van der Waals surface area contributed by atoms with Crippen LogP contribution in [0.5, 0.6) is 0 Å². The van der Waals surface area contributed by atoms with Crippen LogP contribution in [0.2, 0.25) is 0 Å². The summed E-state index contributed by atoms with van der Waals surface area (Å²) < 4.78 is 7.23. The highest BCUT2D eigenvalue weighted by Gasteiger charge is 2.25. The van der Waals surface area contributed by atoms with Crippen molar-refractivity contribution in [2.24, 2.45) is 0 Å². The molecule has 2 aromatic heterocycles. The van der Waals surface area contributed by atoms with Gasteiger partial charge in [-0.15, -0.1) is 12.4 Å². The molecule has 2 aliphatic rings. The van der Waals surface area contributed by atoms with E-state index in [4.69, 9.17) is 4.42 Å². The SMILES string of the molecule is Cl.O=C(CCc1cc2n(n1)CCCNC2)NC1CCN(C(=O)c2ccco2)CC1. The summed E-state index contributed by atoms with van der Waals surface area (Å²) in [5, 5.41) is 11.1. The van der Waals surface area contributed by atoms with Gasteiger partial charge in [-0.3, -0.25) is 14.3 Å². The molecule has 0 radical (unpaired) electrons. The van der Waals surface area contributed by atoms with Crippen LogP contribution in [0.1, 0.15) is 47.6 Å². The van der Waals surface area contributed by atoms with Crippen molar-refractivity contribution < 1.29 is 14.0 Å². The summed E-state index contributed by atoms with van der Waals surface area (Å²) in [7, 11) is 0. The largest absolute Gasteiger partial charge is 0.459 e. The van der Waals surface area contributed by atoms with E-state index in [0.717, 1.165) is 44.6 Å². The summed E-state index contributed by atoms with van der Waals surface area (Å²) in [4.78, 5) is 26.4. The van der Waals surface area contributed by atoms with Crippen molar-refractivity contribution in [2.45, 2.75) is 51.2 Å². The summed E-state index contributed by atoms with van der Waals surface area (Å²) in [5.74, 6) is 0.345. The summed E-state index contributed by atoms with van der Waals surface area (Å²) in [6.07, 6.45) is 5.22. The second-order valence-corrected chi connectivity index (χ2v) is 7.49. The van der Waals surface area contributed by atoms with Gasteiger partial charge in [-0.05, 0) is 44.0 Å². The average molecular weight is 422 g/mol.